The molecule has 0 aliphatic rings. The van der Waals surface area contributed by atoms with Gasteiger partial charge in [0.2, 0.25) is 5.95 Å². The molecule has 0 radical (unpaired) electrons. The van der Waals surface area contributed by atoms with Gasteiger partial charge in [-0.25, -0.2) is 15.0 Å². The van der Waals surface area contributed by atoms with E-state index in [-0.39, 0.29) is 11.4 Å². The predicted molar refractivity (Wildman–Crippen MR) is 87.2 cm³/mol. The zero-order valence-electron chi connectivity index (χ0n) is 13.1. The van der Waals surface area contributed by atoms with Gasteiger partial charge in [0.25, 0.3) is 5.91 Å². The maximum Gasteiger partial charge on any atom is 0.260 e. The van der Waals surface area contributed by atoms with Crippen LogP contribution >= 0.6 is 0 Å². The molecule has 0 bridgehead atoms. The van der Waals surface area contributed by atoms with Crippen LogP contribution in [0.25, 0.3) is 5.65 Å². The maximum absolute atomic E-state index is 13.2. The first-order chi connectivity index (χ1) is 12.7. The smallest absolute Gasteiger partial charge is 0.260 e. The third-order valence-corrected chi connectivity index (χ3v) is 3.34. The van der Waals surface area contributed by atoms with Gasteiger partial charge in [-0.15, -0.1) is 10.2 Å². The number of amides is 1. The topological polar surface area (TPSA) is 107 Å². The molecule has 0 saturated carbocycles. The summed E-state index contributed by atoms with van der Waals surface area (Å²) in [6.45, 7) is 0. The van der Waals surface area contributed by atoms with E-state index in [2.05, 4.69) is 30.5 Å². The molecule has 0 saturated heterocycles. The molecule has 4 aromatic rings. The molecule has 0 aliphatic carbocycles. The molecule has 4 rings (SSSR count). The molecule has 0 atom stereocenters. The second-order valence-electron chi connectivity index (χ2n) is 5.13. The van der Waals surface area contributed by atoms with E-state index in [1.54, 1.807) is 6.20 Å². The molecule has 0 aromatic carbocycles. The van der Waals surface area contributed by atoms with Crippen LogP contribution in [0.4, 0.5) is 10.2 Å². The lowest BCUT2D eigenvalue weighted by Gasteiger charge is -2.09. The van der Waals surface area contributed by atoms with Gasteiger partial charge in [0.15, 0.2) is 11.4 Å². The highest BCUT2D eigenvalue weighted by Gasteiger charge is 2.16. The molecule has 128 valence electrons. The van der Waals surface area contributed by atoms with Gasteiger partial charge in [0.1, 0.15) is 24.2 Å². The van der Waals surface area contributed by atoms with Crippen molar-refractivity contribution in [3.63, 3.8) is 0 Å². The number of halogens is 1. The summed E-state index contributed by atoms with van der Waals surface area (Å²) in [5.41, 5.74) is 0.499. The first-order valence-electron chi connectivity index (χ1n) is 7.39. The van der Waals surface area contributed by atoms with Gasteiger partial charge < -0.3 is 10.1 Å². The number of nitrogens with zero attached hydrogens (tertiary/aromatic N) is 6. The van der Waals surface area contributed by atoms with Crippen molar-refractivity contribution in [2.45, 2.75) is 0 Å². The average molecular weight is 351 g/mol. The average Bonchev–Trinajstić information content (AvgIpc) is 3.10. The third kappa shape index (κ3) is 3.15. The lowest BCUT2D eigenvalue weighted by Crippen LogP contribution is -2.15. The fourth-order valence-electron chi connectivity index (χ4n) is 2.27. The molecule has 10 heteroatoms. The summed E-state index contributed by atoms with van der Waals surface area (Å²) in [7, 11) is 0. The molecule has 0 unspecified atom stereocenters. The summed E-state index contributed by atoms with van der Waals surface area (Å²) in [5, 5.41) is 10.2. The normalized spacial score (nSPS) is 10.7. The number of rotatable bonds is 4. The Kier molecular flexibility index (Phi) is 3.90. The molecule has 1 N–H and O–H groups in total. The number of hydrogen-bond donors (Lipinski definition) is 1. The maximum atomic E-state index is 13.2. The minimum atomic E-state index is -0.698. The van der Waals surface area contributed by atoms with E-state index in [4.69, 9.17) is 4.74 Å². The number of carbonyl (C=O) groups excluding carboxylic acids is 1. The fraction of sp³-hybridized carbons (Fsp3) is 0. The van der Waals surface area contributed by atoms with Crippen molar-refractivity contribution < 1.29 is 13.9 Å². The summed E-state index contributed by atoms with van der Waals surface area (Å²) in [4.78, 5) is 23.9. The number of ether oxygens (including phenoxy) is 1. The largest absolute Gasteiger partial charge is 0.453 e. The first kappa shape index (κ1) is 15.6. The van der Waals surface area contributed by atoms with E-state index in [1.165, 1.54) is 53.7 Å². The monoisotopic (exact) mass is 351 g/mol. The Morgan fingerprint density at radius 1 is 1.19 bits per heavy atom. The molecule has 0 fully saturated rings. The summed E-state index contributed by atoms with van der Waals surface area (Å²) in [6.07, 6.45) is 7.39. The highest BCUT2D eigenvalue weighted by molar-refractivity contribution is 6.08. The van der Waals surface area contributed by atoms with Crippen LogP contribution in [0.5, 0.6) is 11.5 Å². The fourth-order valence-corrected chi connectivity index (χ4v) is 2.27. The van der Waals surface area contributed by atoms with Crippen molar-refractivity contribution in [1.29, 1.82) is 0 Å². The highest BCUT2D eigenvalue weighted by Crippen LogP contribution is 2.23. The van der Waals surface area contributed by atoms with Gasteiger partial charge in [-0.2, -0.15) is 4.39 Å². The van der Waals surface area contributed by atoms with E-state index in [1.807, 2.05) is 0 Å². The van der Waals surface area contributed by atoms with Gasteiger partial charge in [-0.1, -0.05) is 6.07 Å². The SMILES string of the molecule is O=C(Nc1cccc(F)n1)c1cc(Oc2cncnc2)cn2cnnc12. The first-order valence-corrected chi connectivity index (χ1v) is 7.39. The minimum absolute atomic E-state index is 0.0791. The van der Waals surface area contributed by atoms with Crippen molar-refractivity contribution >= 4 is 17.4 Å². The van der Waals surface area contributed by atoms with E-state index in [0.29, 0.717) is 17.1 Å². The second kappa shape index (κ2) is 6.51. The van der Waals surface area contributed by atoms with Crippen LogP contribution in [0.1, 0.15) is 10.4 Å². The lowest BCUT2D eigenvalue weighted by atomic mass is 10.2. The Hall–Kier alpha value is -3.95. The summed E-state index contributed by atoms with van der Waals surface area (Å²) < 4.78 is 20.4. The summed E-state index contributed by atoms with van der Waals surface area (Å²) >= 11 is 0. The third-order valence-electron chi connectivity index (χ3n) is 3.34. The van der Waals surface area contributed by atoms with Crippen LogP contribution in [-0.2, 0) is 0 Å². The Bertz CT molecular complexity index is 1080. The zero-order valence-corrected chi connectivity index (χ0v) is 13.1. The zero-order chi connectivity index (χ0) is 17.9. The number of nitrogens with one attached hydrogen (secondary N) is 1. The quantitative estimate of drug-likeness (QED) is 0.561. The summed E-state index contributed by atoms with van der Waals surface area (Å²) in [6, 6.07) is 5.59. The molecule has 1 amide bonds. The van der Waals surface area contributed by atoms with Crippen LogP contribution in [0, 0.1) is 5.95 Å². The molecule has 0 spiro atoms. The molecule has 4 heterocycles. The Morgan fingerprint density at radius 3 is 2.85 bits per heavy atom. The number of aromatic nitrogens is 6. The number of pyridine rings is 2. The number of anilines is 1. The molecular weight excluding hydrogens is 341 g/mol. The van der Waals surface area contributed by atoms with Crippen molar-refractivity contribution in [2.24, 2.45) is 0 Å². The van der Waals surface area contributed by atoms with E-state index >= 15 is 0 Å². The van der Waals surface area contributed by atoms with Crippen molar-refractivity contribution in [2.75, 3.05) is 5.32 Å². The lowest BCUT2D eigenvalue weighted by molar-refractivity contribution is 0.102. The van der Waals surface area contributed by atoms with Gasteiger partial charge in [-0.05, 0) is 18.2 Å². The van der Waals surface area contributed by atoms with Crippen LogP contribution in [0.3, 0.4) is 0 Å². The van der Waals surface area contributed by atoms with Crippen molar-refractivity contribution in [3.8, 4) is 11.5 Å². The van der Waals surface area contributed by atoms with Crippen LogP contribution < -0.4 is 10.1 Å². The van der Waals surface area contributed by atoms with Crippen molar-refractivity contribution in [1.82, 2.24) is 29.5 Å². The van der Waals surface area contributed by atoms with E-state index < -0.39 is 11.9 Å². The van der Waals surface area contributed by atoms with Gasteiger partial charge in [0, 0.05) is 0 Å². The molecule has 0 aliphatic heterocycles. The van der Waals surface area contributed by atoms with Gasteiger partial charge in [-0.3, -0.25) is 9.20 Å². The Balaban J connectivity index is 1.69. The number of fused-ring (bicyclic) bond motifs is 1. The second-order valence-corrected chi connectivity index (χ2v) is 5.13. The van der Waals surface area contributed by atoms with E-state index in [0.717, 1.165) is 0 Å². The van der Waals surface area contributed by atoms with Crippen LogP contribution in [-0.4, -0.2) is 35.5 Å². The molecular formula is C16H10FN7O2. The molecule has 9 nitrogen and oxygen atoms in total. The van der Waals surface area contributed by atoms with Crippen molar-refractivity contribution in [3.05, 3.63) is 67.0 Å². The Morgan fingerprint density at radius 2 is 2.04 bits per heavy atom. The van der Waals surface area contributed by atoms with Gasteiger partial charge in [0.05, 0.1) is 24.2 Å². The predicted octanol–water partition coefficient (Wildman–Crippen LogP) is 2.10. The van der Waals surface area contributed by atoms with Crippen LogP contribution in [0.15, 0.2) is 55.5 Å². The van der Waals surface area contributed by atoms with E-state index in [9.17, 15) is 9.18 Å². The number of carbonyl (C=O) groups is 1. The van der Waals surface area contributed by atoms with Crippen LogP contribution in [0.2, 0.25) is 0 Å². The van der Waals surface area contributed by atoms with Gasteiger partial charge >= 0.3 is 0 Å². The highest BCUT2D eigenvalue weighted by atomic mass is 19.1. The summed E-state index contributed by atoms with van der Waals surface area (Å²) in [5.74, 6) is -0.398. The molecule has 4 aromatic heterocycles. The standard InChI is InChI=1S/C16H10FN7O2/c17-13-2-1-3-14(21-13)22-16(25)12-4-10(7-24-9-20-23-15(12)24)26-11-5-18-8-19-6-11/h1-9H,(H,21,22,25). The minimum Gasteiger partial charge on any atom is -0.453 e. The Labute approximate surface area is 145 Å². The molecule has 26 heavy (non-hydrogen) atoms. The number of hydrogen-bond acceptors (Lipinski definition) is 7.